The highest BCUT2D eigenvalue weighted by Crippen LogP contribution is 2.39. The van der Waals surface area contributed by atoms with Crippen LogP contribution >= 0.6 is 11.6 Å². The highest BCUT2D eigenvalue weighted by atomic mass is 35.5. The summed E-state index contributed by atoms with van der Waals surface area (Å²) in [4.78, 5) is 81.0. The Morgan fingerprint density at radius 2 is 0.993 bits per heavy atom. The lowest BCUT2D eigenvalue weighted by Crippen LogP contribution is -2.36. The van der Waals surface area contributed by atoms with E-state index in [2.05, 4.69) is 92.3 Å². The molecule has 45 nitrogen and oxygen atoms in total. The lowest BCUT2D eigenvalue weighted by molar-refractivity contribution is -0.276. The maximum atomic E-state index is 14.8. The Morgan fingerprint density at radius 1 is 0.480 bits per heavy atom. The van der Waals surface area contributed by atoms with Crippen LogP contribution in [0.3, 0.4) is 0 Å². The van der Waals surface area contributed by atoms with E-state index in [1.165, 1.54) is 110 Å². The number of aliphatic hydroxyl groups excluding tert-OH is 6. The quantitative estimate of drug-likeness (QED) is 0.0167. The Labute approximate surface area is 843 Å². The highest BCUT2D eigenvalue weighted by Gasteiger charge is 2.47. The molecule has 4 aromatic carbocycles. The molecular weight excluding hydrogens is 2070 g/mol. The molecule has 0 spiro atoms. The van der Waals surface area contributed by atoms with Gasteiger partial charge in [-0.1, -0.05) is 72.3 Å². The molecule has 8 heterocycles. The van der Waals surface area contributed by atoms with Gasteiger partial charge in [0.25, 0.3) is 0 Å². The number of nitrogens with zero attached hydrogens (tertiary/aromatic N) is 14. The van der Waals surface area contributed by atoms with E-state index in [-0.39, 0.29) is 143 Å². The summed E-state index contributed by atoms with van der Waals surface area (Å²) in [6.45, 7) is 0.962. The second-order valence-corrected chi connectivity index (χ2v) is 39.9. The molecule has 16 rings (SSSR count). The van der Waals surface area contributed by atoms with Gasteiger partial charge >= 0.3 is 53.9 Å². The van der Waals surface area contributed by atoms with Crippen molar-refractivity contribution in [2.45, 2.75) is 145 Å². The zero-order chi connectivity index (χ0) is 107. The average molecular weight is 2170 g/mol. The first-order chi connectivity index (χ1) is 69.8. The number of anilines is 3. The fourth-order valence-corrected chi connectivity index (χ4v) is 18.5. The van der Waals surface area contributed by atoms with Crippen LogP contribution < -0.4 is 46.0 Å². The predicted molar refractivity (Wildman–Crippen MR) is 504 cm³/mol. The zero-order valence-electron chi connectivity index (χ0n) is 77.2. The number of rotatable bonds is 38. The molecule has 0 radical (unpaired) electrons. The number of hydrogen-bond donors (Lipinski definition) is 13. The fraction of sp³-hybridized carbons (Fsp3) is 0.356. The van der Waals surface area contributed by atoms with Gasteiger partial charge in [-0.15, -0.1) is 26.3 Å². The van der Waals surface area contributed by atoms with Crippen LogP contribution in [-0.4, -0.2) is 256 Å². The molecule has 0 aliphatic heterocycles. The highest BCUT2D eigenvalue weighted by molar-refractivity contribution is 7.85. The third kappa shape index (κ3) is 31.7. The molecule has 17 N–H and O–H groups in total. The SMILES string of the molecule is CC(c1cccc(Cl)c1)n1ccc(C(=O)c2cncnc2N[C@@H]2C[C@H](COS(N)(=O)=O)[C@@H](O)C2)n1.NS(=O)(=O)OC[C@H]1C[C@@H](Cc2ncncc2C(=O)c2ccn(Cc3ccc(F)c(OC(F)(F)F)c3)n2)[C@H](O)[C@@H]1O.NS(=O)(=O)OC[C@H]1C[C@@H](Nc2ccncc2C(=O)c2ccn(Cc3cccc(OC(F)(F)F)c3)c2)[C@@H](F)[C@@H]1O.NS(=O)(=O)OC[C@H]1C[C@@H](Nc2ncncc2C(=O)c2ccn(Cc3ccccc3)n2)[C@@H](O)[C@@H]1O. The minimum Gasteiger partial charge on any atom is -0.406 e. The summed E-state index contributed by atoms with van der Waals surface area (Å²) >= 11 is 6.10. The normalized spacial score (nSPS) is 21.7. The van der Waals surface area contributed by atoms with Gasteiger partial charge in [0.15, 0.2) is 17.3 Å². The number of halogens is 9. The number of alkyl halides is 7. The number of aromatic nitrogens is 14. The molecule has 0 saturated heterocycles. The van der Waals surface area contributed by atoms with E-state index in [0.29, 0.717) is 35.8 Å². The van der Waals surface area contributed by atoms with Gasteiger partial charge in [-0.25, -0.2) is 59.2 Å². The minimum absolute atomic E-state index is 0.00129. The van der Waals surface area contributed by atoms with Crippen LogP contribution in [0.15, 0.2) is 208 Å². The molecule has 58 heteroatoms. The number of nitrogens with one attached hydrogen (secondary N) is 3. The van der Waals surface area contributed by atoms with Gasteiger partial charge in [0.1, 0.15) is 65.7 Å². The largest absolute Gasteiger partial charge is 0.573 e. The molecule has 1 unspecified atom stereocenters. The monoisotopic (exact) mass is 2170 g/mol. The Kier molecular flexibility index (Phi) is 36.6. The summed E-state index contributed by atoms with van der Waals surface area (Å²) in [5.41, 5.74) is 4.35. The predicted octanol–water partition coefficient (Wildman–Crippen LogP) is 5.52. The minimum atomic E-state index is -5.08. The first-order valence-electron chi connectivity index (χ1n) is 44.5. The van der Waals surface area contributed by atoms with Crippen LogP contribution in [0.1, 0.15) is 137 Å². The summed E-state index contributed by atoms with van der Waals surface area (Å²) < 4.78 is 224. The van der Waals surface area contributed by atoms with E-state index in [1.807, 2.05) is 55.5 Å². The van der Waals surface area contributed by atoms with Crippen molar-refractivity contribution in [1.82, 2.24) is 68.8 Å². The van der Waals surface area contributed by atoms with Gasteiger partial charge in [-0.3, -0.25) is 54.9 Å². The number of ether oxygens (including phenoxy) is 2. The molecule has 0 bridgehead atoms. The Balaban J connectivity index is 0.000000165. The molecule has 12 aromatic rings. The van der Waals surface area contributed by atoms with Gasteiger partial charge in [0.2, 0.25) is 17.3 Å². The summed E-state index contributed by atoms with van der Waals surface area (Å²) in [7, 11) is -16.8. The number of carbonyl (C=O) groups excluding carboxylic acids is 4. The van der Waals surface area contributed by atoms with E-state index in [4.69, 9.17) is 32.2 Å². The summed E-state index contributed by atoms with van der Waals surface area (Å²) in [5, 5.41) is 104. The number of carbonyl (C=O) groups is 4. The molecule has 4 fully saturated rings. The van der Waals surface area contributed by atoms with Gasteiger partial charge < -0.3 is 60.6 Å². The third-order valence-corrected chi connectivity index (χ3v) is 26.1. The molecule has 8 aromatic heterocycles. The Morgan fingerprint density at radius 3 is 1.60 bits per heavy atom. The second kappa shape index (κ2) is 48.4. The Bertz CT molecular complexity index is 7160. The maximum Gasteiger partial charge on any atom is 0.573 e. The van der Waals surface area contributed by atoms with E-state index >= 15 is 0 Å². The molecule has 4 aliphatic rings. The summed E-state index contributed by atoms with van der Waals surface area (Å²) in [5.74, 6) is -7.26. The number of hydrogen-bond acceptors (Lipinski definition) is 37. The average Bonchev–Trinajstić information content (AvgIpc) is 1.68. The molecule has 0 amide bonds. The van der Waals surface area contributed by atoms with Crippen molar-refractivity contribution in [3.8, 4) is 11.5 Å². The van der Waals surface area contributed by atoms with Crippen LogP contribution in [0.25, 0.3) is 0 Å². The second-order valence-electron chi connectivity index (χ2n) is 34.6. The van der Waals surface area contributed by atoms with Crippen LogP contribution in [0, 0.1) is 35.4 Å². The molecular formula is C90H96ClF8N21O24S4. The van der Waals surface area contributed by atoms with Crippen molar-refractivity contribution in [1.29, 1.82) is 0 Å². The topological polar surface area (TPSA) is 670 Å². The molecule has 16 atom stereocenters. The fourth-order valence-electron chi connectivity index (χ4n) is 16.8. The first kappa shape index (κ1) is 112. The van der Waals surface area contributed by atoms with Gasteiger partial charge in [0.05, 0.1) is 116 Å². The van der Waals surface area contributed by atoms with Gasteiger partial charge in [-0.05, 0) is 140 Å². The van der Waals surface area contributed by atoms with Crippen molar-refractivity contribution in [2.24, 2.45) is 50.1 Å². The molecule has 4 saturated carbocycles. The van der Waals surface area contributed by atoms with Gasteiger partial charge in [-0.2, -0.15) is 49.0 Å². The maximum absolute atomic E-state index is 14.8. The van der Waals surface area contributed by atoms with Crippen molar-refractivity contribution in [3.05, 3.63) is 292 Å². The first-order valence-corrected chi connectivity index (χ1v) is 50.8. The summed E-state index contributed by atoms with van der Waals surface area (Å²) in [6.07, 6.45) is 0.358. The summed E-state index contributed by atoms with van der Waals surface area (Å²) in [6, 6.07) is 31.0. The Hall–Kier alpha value is -13.2. The smallest absolute Gasteiger partial charge is 0.406 e. The van der Waals surface area contributed by atoms with E-state index in [0.717, 1.165) is 23.3 Å². The standard InChI is InChI=1S/C24H24F4N4O6S.C23H23F4N5O7S.C22H25ClN6O5S.C21H24N6O6S/c25-21-20(9-16(23(21)34)13-37-39(29,35)36)31-19-4-6-30-10-18(19)22(33)15-5-7-32(12-15)11-14-2-1-3-17(8-14)38-24(26,27)28;24-16-2-1-12(5-19(16)39-23(25,26)27)9-32-4-3-17(31-32)22(35)15-8-29-11-30-18(15)7-13-6-14(21(34)20(13)33)10-38-40(28,36)37;1-13(14-3-2-4-16(23)7-14)29-6-5-19(28-29)21(31)18-10-25-12-26-22(18)27-17-8-15(20(30)9-17)11-34-35(24,32)33;22-34(31,32)33-11-14-8-17(20(30)18(14)28)25-21-15(9-23-12-24-21)19(29)16-6-7-27(26-16)10-13-4-2-1-3-5-13/h1-8,10,12,16,20-21,23,34H,9,11,13H2,(H,30,31)(H2,29,35,36);1-5,8,11,13-14,20-21,33-34H,6-7,9-10H2,(H2,28,36,37);2-7,10,12-13,15,17,20,30H,8-9,11H2,1H3,(H2,24,32,33)(H,25,26,27);1-7,9,12,14,17-18,20,28,30H,8,10-11H2,(H2,22,31,32)(H,23,24,25)/t16-,20-,21-,23-;13-,14+,20-,21+;13?,15-,17-,20+;14-,17-,18-,20-/m1011/s1. The van der Waals surface area contributed by atoms with Crippen LogP contribution in [0.2, 0.25) is 5.02 Å². The number of aliphatic hydroxyl groups is 6. The van der Waals surface area contributed by atoms with Crippen molar-refractivity contribution in [3.63, 3.8) is 0 Å². The van der Waals surface area contributed by atoms with Crippen molar-refractivity contribution in [2.75, 3.05) is 42.4 Å². The molecule has 792 valence electrons. The van der Waals surface area contributed by atoms with Crippen molar-refractivity contribution < 1.29 is 145 Å². The molecule has 4 aliphatic carbocycles. The van der Waals surface area contributed by atoms with Crippen LogP contribution in [0.5, 0.6) is 11.5 Å². The van der Waals surface area contributed by atoms with Crippen LogP contribution in [0.4, 0.5) is 52.4 Å². The van der Waals surface area contributed by atoms with Gasteiger partial charge in [0, 0.05) is 115 Å². The number of ketones is 4. The third-order valence-electron chi connectivity index (χ3n) is 24.0. The lowest BCUT2D eigenvalue weighted by Gasteiger charge is -2.19. The lowest BCUT2D eigenvalue weighted by atomic mass is 9.95. The zero-order valence-corrected chi connectivity index (χ0v) is 81.2. The number of benzene rings is 4. The molecule has 148 heavy (non-hydrogen) atoms. The van der Waals surface area contributed by atoms with E-state index in [9.17, 15) is 119 Å². The van der Waals surface area contributed by atoms with Crippen LogP contribution in [-0.2, 0) is 84.0 Å². The van der Waals surface area contributed by atoms with E-state index < -0.39 is 181 Å². The van der Waals surface area contributed by atoms with Crippen molar-refractivity contribution >= 4 is 93.3 Å². The number of nitrogens with two attached hydrogens (primary N) is 4. The number of pyridine rings is 1. The van der Waals surface area contributed by atoms with E-state index in [1.54, 1.807) is 56.8 Å².